The van der Waals surface area contributed by atoms with E-state index in [1.165, 1.54) is 41.9 Å². The van der Waals surface area contributed by atoms with Crippen molar-refractivity contribution in [3.8, 4) is 0 Å². The van der Waals surface area contributed by atoms with Crippen LogP contribution in [0.3, 0.4) is 0 Å². The second-order valence-corrected chi connectivity index (χ2v) is 5.58. The first-order valence-corrected chi connectivity index (χ1v) is 7.05. The highest BCUT2D eigenvalue weighted by atomic mass is 127. The molecule has 0 aliphatic carbocycles. The number of piperazine rings is 1. The first-order chi connectivity index (χ1) is 7.78. The molecule has 2 nitrogen and oxygen atoms in total. The van der Waals surface area contributed by atoms with Crippen LogP contribution in [0.5, 0.6) is 0 Å². The fourth-order valence-corrected chi connectivity index (χ4v) is 2.47. The SMILES string of the molecule is CCN1CCN(Cc2ccc(I)cc2)CC1. The lowest BCUT2D eigenvalue weighted by molar-refractivity contribution is 0.132. The van der Waals surface area contributed by atoms with E-state index in [0.717, 1.165) is 6.54 Å². The Morgan fingerprint density at radius 3 is 2.12 bits per heavy atom. The standard InChI is InChI=1S/C13H19IN2/c1-2-15-7-9-16(10-8-15)11-12-3-5-13(14)6-4-12/h3-6H,2,7-11H2,1H3. The molecule has 2 rings (SSSR count). The molecular formula is C13H19IN2. The first-order valence-electron chi connectivity index (χ1n) is 5.97. The average Bonchev–Trinajstić information content (AvgIpc) is 2.33. The van der Waals surface area contributed by atoms with Crippen LogP contribution in [0.25, 0.3) is 0 Å². The fraction of sp³-hybridized carbons (Fsp3) is 0.538. The lowest BCUT2D eigenvalue weighted by Gasteiger charge is -2.34. The molecule has 1 aromatic carbocycles. The van der Waals surface area contributed by atoms with Gasteiger partial charge in [-0.3, -0.25) is 4.90 Å². The maximum Gasteiger partial charge on any atom is 0.0234 e. The van der Waals surface area contributed by atoms with Gasteiger partial charge >= 0.3 is 0 Å². The molecule has 0 N–H and O–H groups in total. The smallest absolute Gasteiger partial charge is 0.0234 e. The van der Waals surface area contributed by atoms with E-state index in [1.54, 1.807) is 0 Å². The van der Waals surface area contributed by atoms with Crippen LogP contribution in [0.2, 0.25) is 0 Å². The maximum atomic E-state index is 2.55. The summed E-state index contributed by atoms with van der Waals surface area (Å²) in [6, 6.07) is 8.87. The minimum absolute atomic E-state index is 1.11. The summed E-state index contributed by atoms with van der Waals surface area (Å²) in [6.07, 6.45) is 0. The second-order valence-electron chi connectivity index (χ2n) is 4.34. The van der Waals surface area contributed by atoms with E-state index in [-0.39, 0.29) is 0 Å². The van der Waals surface area contributed by atoms with Gasteiger partial charge in [0.25, 0.3) is 0 Å². The summed E-state index contributed by atoms with van der Waals surface area (Å²) >= 11 is 2.35. The third-order valence-corrected chi connectivity index (χ3v) is 3.95. The van der Waals surface area contributed by atoms with Crippen molar-refractivity contribution in [2.75, 3.05) is 32.7 Å². The predicted octanol–water partition coefficient (Wildman–Crippen LogP) is 2.43. The maximum absolute atomic E-state index is 2.55. The Labute approximate surface area is 112 Å². The highest BCUT2D eigenvalue weighted by Crippen LogP contribution is 2.11. The van der Waals surface area contributed by atoms with Gasteiger partial charge in [-0.1, -0.05) is 19.1 Å². The summed E-state index contributed by atoms with van der Waals surface area (Å²) in [5.74, 6) is 0. The molecule has 1 aliphatic heterocycles. The van der Waals surface area contributed by atoms with Gasteiger partial charge in [0.05, 0.1) is 0 Å². The number of halogens is 1. The third-order valence-electron chi connectivity index (χ3n) is 3.23. The molecule has 88 valence electrons. The molecule has 1 fully saturated rings. The molecule has 0 amide bonds. The van der Waals surface area contributed by atoms with E-state index in [9.17, 15) is 0 Å². The quantitative estimate of drug-likeness (QED) is 0.786. The van der Waals surface area contributed by atoms with Gasteiger partial charge in [-0.15, -0.1) is 0 Å². The van der Waals surface area contributed by atoms with Gasteiger partial charge < -0.3 is 4.90 Å². The van der Waals surface area contributed by atoms with Gasteiger partial charge in [0.1, 0.15) is 0 Å². The predicted molar refractivity (Wildman–Crippen MR) is 76.6 cm³/mol. The lowest BCUT2D eigenvalue weighted by atomic mass is 10.2. The minimum atomic E-state index is 1.11. The Morgan fingerprint density at radius 2 is 1.56 bits per heavy atom. The van der Waals surface area contributed by atoms with E-state index in [2.05, 4.69) is 63.6 Å². The Hall–Kier alpha value is -0.130. The molecule has 0 atom stereocenters. The summed E-state index contributed by atoms with van der Waals surface area (Å²) in [5.41, 5.74) is 1.44. The van der Waals surface area contributed by atoms with Crippen molar-refractivity contribution in [2.24, 2.45) is 0 Å². The van der Waals surface area contributed by atoms with E-state index in [0.29, 0.717) is 0 Å². The van der Waals surface area contributed by atoms with Crippen LogP contribution in [0.1, 0.15) is 12.5 Å². The van der Waals surface area contributed by atoms with Gasteiger partial charge in [-0.2, -0.15) is 0 Å². The van der Waals surface area contributed by atoms with E-state index in [4.69, 9.17) is 0 Å². The van der Waals surface area contributed by atoms with E-state index < -0.39 is 0 Å². The average molecular weight is 330 g/mol. The first kappa shape index (κ1) is 12.3. The summed E-state index contributed by atoms with van der Waals surface area (Å²) in [4.78, 5) is 5.07. The van der Waals surface area contributed by atoms with Gasteiger partial charge in [0, 0.05) is 36.3 Å². The minimum Gasteiger partial charge on any atom is -0.301 e. The molecule has 1 aromatic rings. The molecule has 0 bridgehead atoms. The van der Waals surface area contributed by atoms with Crippen LogP contribution in [0, 0.1) is 3.57 Å². The van der Waals surface area contributed by atoms with Crippen LogP contribution in [0.4, 0.5) is 0 Å². The summed E-state index contributed by atoms with van der Waals surface area (Å²) in [6.45, 7) is 9.40. The normalized spacial score (nSPS) is 18.9. The summed E-state index contributed by atoms with van der Waals surface area (Å²) in [5, 5.41) is 0. The molecular weight excluding hydrogens is 311 g/mol. The molecule has 1 saturated heterocycles. The summed E-state index contributed by atoms with van der Waals surface area (Å²) in [7, 11) is 0. The van der Waals surface area contributed by atoms with Gasteiger partial charge in [-0.05, 0) is 46.8 Å². The second kappa shape index (κ2) is 5.98. The van der Waals surface area contributed by atoms with Crippen LogP contribution >= 0.6 is 22.6 Å². The molecule has 0 spiro atoms. The Morgan fingerprint density at radius 1 is 1.00 bits per heavy atom. The molecule has 0 radical (unpaired) electrons. The van der Waals surface area contributed by atoms with Crippen molar-refractivity contribution in [1.82, 2.24) is 9.80 Å². The number of hydrogen-bond donors (Lipinski definition) is 0. The number of nitrogens with zero attached hydrogens (tertiary/aromatic N) is 2. The highest BCUT2D eigenvalue weighted by molar-refractivity contribution is 14.1. The van der Waals surface area contributed by atoms with Gasteiger partial charge in [-0.25, -0.2) is 0 Å². The van der Waals surface area contributed by atoms with Crippen molar-refractivity contribution in [3.63, 3.8) is 0 Å². The monoisotopic (exact) mass is 330 g/mol. The zero-order chi connectivity index (χ0) is 11.4. The molecule has 1 heterocycles. The van der Waals surface area contributed by atoms with Gasteiger partial charge in [0.15, 0.2) is 0 Å². The van der Waals surface area contributed by atoms with Crippen molar-refractivity contribution in [3.05, 3.63) is 33.4 Å². The zero-order valence-electron chi connectivity index (χ0n) is 9.82. The third kappa shape index (κ3) is 3.43. The fourth-order valence-electron chi connectivity index (χ4n) is 2.11. The van der Waals surface area contributed by atoms with Crippen LogP contribution in [0.15, 0.2) is 24.3 Å². The Bertz CT molecular complexity index is 315. The Balaban J connectivity index is 1.84. The molecule has 1 aliphatic rings. The molecule has 3 heteroatoms. The summed E-state index contributed by atoms with van der Waals surface area (Å²) < 4.78 is 1.32. The van der Waals surface area contributed by atoms with Crippen molar-refractivity contribution in [2.45, 2.75) is 13.5 Å². The molecule has 0 aromatic heterocycles. The van der Waals surface area contributed by atoms with Crippen molar-refractivity contribution >= 4 is 22.6 Å². The van der Waals surface area contributed by atoms with E-state index >= 15 is 0 Å². The van der Waals surface area contributed by atoms with Gasteiger partial charge in [0.2, 0.25) is 0 Å². The number of rotatable bonds is 3. The van der Waals surface area contributed by atoms with Crippen molar-refractivity contribution < 1.29 is 0 Å². The number of likely N-dealkylation sites (N-methyl/N-ethyl adjacent to an activating group) is 1. The number of benzene rings is 1. The highest BCUT2D eigenvalue weighted by Gasteiger charge is 2.15. The van der Waals surface area contributed by atoms with Crippen LogP contribution < -0.4 is 0 Å². The van der Waals surface area contributed by atoms with Crippen LogP contribution in [-0.4, -0.2) is 42.5 Å². The number of hydrogen-bond acceptors (Lipinski definition) is 2. The largest absolute Gasteiger partial charge is 0.301 e. The Kier molecular flexibility index (Phi) is 4.61. The molecule has 16 heavy (non-hydrogen) atoms. The molecule has 0 saturated carbocycles. The van der Waals surface area contributed by atoms with E-state index in [1.807, 2.05) is 0 Å². The zero-order valence-corrected chi connectivity index (χ0v) is 12.0. The molecule has 0 unspecified atom stereocenters. The van der Waals surface area contributed by atoms with Crippen LogP contribution in [-0.2, 0) is 6.54 Å². The lowest BCUT2D eigenvalue weighted by Crippen LogP contribution is -2.45. The van der Waals surface area contributed by atoms with Crippen molar-refractivity contribution in [1.29, 1.82) is 0 Å². The topological polar surface area (TPSA) is 6.48 Å².